The monoisotopic (exact) mass is 303 g/mol. The summed E-state index contributed by atoms with van der Waals surface area (Å²) in [6.45, 7) is 0. The molecule has 1 unspecified atom stereocenters. The zero-order chi connectivity index (χ0) is 15.0. The number of carbonyl (C=O) groups is 1. The quantitative estimate of drug-likeness (QED) is 0.867. The second-order valence-corrected chi connectivity index (χ2v) is 5.32. The van der Waals surface area contributed by atoms with Gasteiger partial charge in [0.2, 0.25) is 4.87 Å². The fourth-order valence-corrected chi connectivity index (χ4v) is 2.94. The molecule has 0 bridgehead atoms. The summed E-state index contributed by atoms with van der Waals surface area (Å²) in [7, 11) is 2.72. The van der Waals surface area contributed by atoms with E-state index in [1.807, 2.05) is 5.32 Å². The number of alkyl halides is 3. The highest BCUT2D eigenvalue weighted by Gasteiger charge is 2.61. The highest BCUT2D eigenvalue weighted by molar-refractivity contribution is 8.14. The van der Waals surface area contributed by atoms with Crippen LogP contribution in [-0.2, 0) is 4.87 Å². The van der Waals surface area contributed by atoms with Crippen LogP contribution in [0.15, 0.2) is 35.3 Å². The third-order valence-electron chi connectivity index (χ3n) is 2.89. The summed E-state index contributed by atoms with van der Waals surface area (Å²) in [4.78, 5) is 14.1. The summed E-state index contributed by atoms with van der Waals surface area (Å²) in [5, 5.41) is 2.05. The van der Waals surface area contributed by atoms with E-state index in [2.05, 4.69) is 4.99 Å². The van der Waals surface area contributed by atoms with E-state index in [0.717, 1.165) is 4.90 Å². The van der Waals surface area contributed by atoms with E-state index >= 15 is 0 Å². The number of thioether (sulfide) groups is 1. The van der Waals surface area contributed by atoms with Crippen molar-refractivity contribution in [2.24, 2.45) is 4.99 Å². The largest absolute Gasteiger partial charge is 0.425 e. The molecule has 0 radical (unpaired) electrons. The zero-order valence-corrected chi connectivity index (χ0v) is 11.5. The molecule has 4 nitrogen and oxygen atoms in total. The second-order valence-electron chi connectivity index (χ2n) is 4.14. The maximum Gasteiger partial charge on any atom is 0.425 e. The van der Waals surface area contributed by atoms with Crippen molar-refractivity contribution in [1.29, 1.82) is 0 Å². The number of hydrogen-bond donors (Lipinski definition) is 1. The number of aliphatic imine (C=N–C) groups is 1. The molecule has 1 aliphatic rings. The minimum atomic E-state index is -4.66. The molecule has 1 aliphatic heterocycles. The van der Waals surface area contributed by atoms with E-state index in [1.165, 1.54) is 38.4 Å². The van der Waals surface area contributed by atoms with E-state index < -0.39 is 17.1 Å². The summed E-state index contributed by atoms with van der Waals surface area (Å²) >= 11 is 0.470. The Kier molecular flexibility index (Phi) is 3.68. The molecule has 0 saturated carbocycles. The number of amidine groups is 1. The Labute approximate surface area is 118 Å². The smallest absolute Gasteiger partial charge is 0.311 e. The Bertz CT molecular complexity index is 547. The van der Waals surface area contributed by atoms with E-state index in [4.69, 9.17) is 0 Å². The topological polar surface area (TPSA) is 44.7 Å². The van der Waals surface area contributed by atoms with Gasteiger partial charge >= 0.3 is 12.2 Å². The van der Waals surface area contributed by atoms with E-state index in [1.54, 1.807) is 6.07 Å². The van der Waals surface area contributed by atoms with Gasteiger partial charge in [-0.05, 0) is 17.3 Å². The first kappa shape index (κ1) is 14.7. The minimum Gasteiger partial charge on any atom is -0.311 e. The molecule has 0 aliphatic carbocycles. The van der Waals surface area contributed by atoms with Crippen molar-refractivity contribution in [3.63, 3.8) is 0 Å². The number of rotatable bonds is 1. The number of benzene rings is 1. The summed E-state index contributed by atoms with van der Waals surface area (Å²) in [6, 6.07) is 6.43. The Morgan fingerprint density at radius 1 is 1.30 bits per heavy atom. The van der Waals surface area contributed by atoms with Crippen LogP contribution in [0.4, 0.5) is 18.0 Å². The highest BCUT2D eigenvalue weighted by Crippen LogP contribution is 2.49. The molecule has 20 heavy (non-hydrogen) atoms. The number of nitrogens with zero attached hydrogens (tertiary/aromatic N) is 2. The minimum absolute atomic E-state index is 0.00919. The van der Waals surface area contributed by atoms with Gasteiger partial charge in [0.25, 0.3) is 0 Å². The Hall–Kier alpha value is -1.70. The number of carbonyl (C=O) groups excluding carboxylic acids is 1. The van der Waals surface area contributed by atoms with E-state index in [9.17, 15) is 18.0 Å². The molecule has 8 heteroatoms. The lowest BCUT2D eigenvalue weighted by atomic mass is 10.1. The predicted octanol–water partition coefficient (Wildman–Crippen LogP) is 2.78. The van der Waals surface area contributed by atoms with Crippen LogP contribution in [0.25, 0.3) is 0 Å². The van der Waals surface area contributed by atoms with Crippen molar-refractivity contribution in [3.8, 4) is 0 Å². The molecule has 1 atom stereocenters. The normalized spacial score (nSPS) is 25.8. The van der Waals surface area contributed by atoms with Gasteiger partial charge in [-0.25, -0.2) is 4.79 Å². The van der Waals surface area contributed by atoms with Gasteiger partial charge in [-0.15, -0.1) is 0 Å². The van der Waals surface area contributed by atoms with Gasteiger partial charge in [0.1, 0.15) is 0 Å². The van der Waals surface area contributed by atoms with Gasteiger partial charge in [-0.2, -0.15) is 13.2 Å². The standard InChI is InChI=1S/C12H12F3N3OS/c1-16-10-18(2)9(19)17-11(20-10,12(13,14)15)8-6-4-3-5-7-8/h3-7H,1-2H3,(H,17,19). The lowest BCUT2D eigenvalue weighted by molar-refractivity contribution is -0.167. The zero-order valence-electron chi connectivity index (χ0n) is 10.7. The average Bonchev–Trinajstić information content (AvgIpc) is 2.41. The molecule has 1 fully saturated rings. The van der Waals surface area contributed by atoms with Gasteiger partial charge in [0.15, 0.2) is 5.17 Å². The van der Waals surface area contributed by atoms with Gasteiger partial charge in [0, 0.05) is 14.1 Å². The molecule has 1 aromatic carbocycles. The summed E-state index contributed by atoms with van der Waals surface area (Å²) < 4.78 is 40.7. The first-order chi connectivity index (χ1) is 9.32. The number of halogens is 3. The van der Waals surface area contributed by atoms with Crippen molar-refractivity contribution < 1.29 is 18.0 Å². The molecule has 0 spiro atoms. The van der Waals surface area contributed by atoms with Crippen molar-refractivity contribution in [2.45, 2.75) is 11.0 Å². The fourth-order valence-electron chi connectivity index (χ4n) is 1.84. The number of hydrogen-bond acceptors (Lipinski definition) is 3. The van der Waals surface area contributed by atoms with E-state index in [-0.39, 0.29) is 10.7 Å². The van der Waals surface area contributed by atoms with Crippen LogP contribution in [0, 0.1) is 0 Å². The Morgan fingerprint density at radius 3 is 2.40 bits per heavy atom. The lowest BCUT2D eigenvalue weighted by Crippen LogP contribution is -2.62. The van der Waals surface area contributed by atoms with Crippen molar-refractivity contribution in [3.05, 3.63) is 35.9 Å². The summed E-state index contributed by atoms with van der Waals surface area (Å²) in [6.07, 6.45) is -4.66. The SMILES string of the molecule is CN=C1SC(c2ccccc2)(C(F)(F)F)NC(=O)N1C. The third-order valence-corrected chi connectivity index (χ3v) is 4.40. The maximum atomic E-state index is 13.6. The number of amides is 2. The van der Waals surface area contributed by atoms with Crippen LogP contribution in [0.3, 0.4) is 0 Å². The molecule has 108 valence electrons. The van der Waals surface area contributed by atoms with Crippen molar-refractivity contribution >= 4 is 23.0 Å². The molecule has 1 N–H and O–H groups in total. The Morgan fingerprint density at radius 2 is 1.90 bits per heavy atom. The van der Waals surface area contributed by atoms with Crippen LogP contribution < -0.4 is 5.32 Å². The van der Waals surface area contributed by atoms with Crippen molar-refractivity contribution in [2.75, 3.05) is 14.1 Å². The molecular formula is C12H12F3N3OS. The van der Waals surface area contributed by atoms with Crippen molar-refractivity contribution in [1.82, 2.24) is 10.2 Å². The molecule has 1 saturated heterocycles. The van der Waals surface area contributed by atoms with E-state index in [0.29, 0.717) is 11.8 Å². The Balaban J connectivity index is 2.58. The fraction of sp³-hybridized carbons (Fsp3) is 0.333. The first-order valence-corrected chi connectivity index (χ1v) is 6.47. The average molecular weight is 303 g/mol. The van der Waals surface area contributed by atoms with Gasteiger partial charge in [0.05, 0.1) is 0 Å². The van der Waals surface area contributed by atoms with Crippen LogP contribution >= 0.6 is 11.8 Å². The highest BCUT2D eigenvalue weighted by atomic mass is 32.2. The van der Waals surface area contributed by atoms with Gasteiger partial charge in [-0.1, -0.05) is 30.3 Å². The molecule has 1 aromatic rings. The van der Waals surface area contributed by atoms with Crippen LogP contribution in [0.1, 0.15) is 5.56 Å². The van der Waals surface area contributed by atoms with Gasteiger partial charge in [-0.3, -0.25) is 9.89 Å². The van der Waals surface area contributed by atoms with Crippen LogP contribution in [0.5, 0.6) is 0 Å². The molecule has 2 rings (SSSR count). The first-order valence-electron chi connectivity index (χ1n) is 5.66. The number of urea groups is 1. The summed E-state index contributed by atoms with van der Waals surface area (Å²) in [5.41, 5.74) is -0.0416. The molecular weight excluding hydrogens is 291 g/mol. The second kappa shape index (κ2) is 5.01. The van der Waals surface area contributed by atoms with Crippen LogP contribution in [0.2, 0.25) is 0 Å². The lowest BCUT2D eigenvalue weighted by Gasteiger charge is -2.42. The third kappa shape index (κ3) is 2.24. The maximum absolute atomic E-state index is 13.6. The summed E-state index contributed by atoms with van der Waals surface area (Å²) in [5.74, 6) is 0. The molecule has 2 amide bonds. The van der Waals surface area contributed by atoms with Crippen LogP contribution in [-0.4, -0.2) is 36.4 Å². The number of nitrogens with one attached hydrogen (secondary N) is 1. The van der Waals surface area contributed by atoms with Gasteiger partial charge < -0.3 is 5.32 Å². The predicted molar refractivity (Wildman–Crippen MR) is 71.4 cm³/mol. The molecule has 0 aromatic heterocycles. The molecule has 1 heterocycles.